The predicted octanol–water partition coefficient (Wildman–Crippen LogP) is 2.37. The van der Waals surface area contributed by atoms with Gasteiger partial charge in [-0.1, -0.05) is 17.2 Å². The lowest BCUT2D eigenvalue weighted by molar-refractivity contribution is 0.0597. The highest BCUT2D eigenvalue weighted by Gasteiger charge is 2.19. The average Bonchev–Trinajstić information content (AvgIpc) is 3.25. The van der Waals surface area contributed by atoms with Crippen LogP contribution in [0.25, 0.3) is 11.7 Å². The first-order chi connectivity index (χ1) is 11.2. The summed E-state index contributed by atoms with van der Waals surface area (Å²) < 4.78 is 15.0. The minimum absolute atomic E-state index is 0.110. The van der Waals surface area contributed by atoms with Gasteiger partial charge >= 0.3 is 12.0 Å². The van der Waals surface area contributed by atoms with Gasteiger partial charge in [0.2, 0.25) is 0 Å². The van der Waals surface area contributed by atoms with Gasteiger partial charge in [0.05, 0.1) is 24.5 Å². The number of benzene rings is 1. The summed E-state index contributed by atoms with van der Waals surface area (Å²) in [5.41, 5.74) is 0.273. The molecule has 116 valence electrons. The molecule has 1 amide bonds. The zero-order valence-electron chi connectivity index (χ0n) is 12.0. The van der Waals surface area contributed by atoms with Crippen LogP contribution < -0.4 is 5.32 Å². The van der Waals surface area contributed by atoms with Crippen molar-refractivity contribution in [2.45, 2.75) is 0 Å². The van der Waals surface area contributed by atoms with Crippen LogP contribution in [0.2, 0.25) is 0 Å². The Morgan fingerprint density at radius 2 is 1.87 bits per heavy atom. The Bertz CT molecular complexity index is 838. The Morgan fingerprint density at radius 3 is 2.57 bits per heavy atom. The van der Waals surface area contributed by atoms with Gasteiger partial charge in [-0.2, -0.15) is 0 Å². The van der Waals surface area contributed by atoms with Gasteiger partial charge < -0.3 is 13.6 Å². The van der Waals surface area contributed by atoms with Gasteiger partial charge in [0, 0.05) is 0 Å². The molecule has 0 radical (unpaired) electrons. The van der Waals surface area contributed by atoms with Crippen LogP contribution in [0.3, 0.4) is 0 Å². The number of aromatic nitrogens is 2. The summed E-state index contributed by atoms with van der Waals surface area (Å²) in [5, 5.41) is 9.90. The molecule has 0 saturated carbocycles. The first-order valence-electron chi connectivity index (χ1n) is 6.55. The van der Waals surface area contributed by atoms with Crippen LogP contribution in [0.5, 0.6) is 0 Å². The smallest absolute Gasteiger partial charge is 0.338 e. The molecule has 0 atom stereocenters. The Hall–Kier alpha value is -3.42. The summed E-state index contributed by atoms with van der Waals surface area (Å²) in [5.74, 6) is -0.669. The number of rotatable bonds is 4. The molecule has 23 heavy (non-hydrogen) atoms. The number of ether oxygens (including phenoxy) is 1. The monoisotopic (exact) mass is 313 g/mol. The molecule has 2 aromatic heterocycles. The zero-order chi connectivity index (χ0) is 16.2. The standard InChI is InChI=1S/C15H11N3O5/c1-21-14(20)10-6-3-2-5-9(10)12(19)16-15-18-17-13(23-15)11-7-4-8-22-11/h2-8H,1H3,(H,16,18,19). The van der Waals surface area contributed by atoms with E-state index < -0.39 is 11.9 Å². The van der Waals surface area contributed by atoms with E-state index in [0.29, 0.717) is 5.76 Å². The van der Waals surface area contributed by atoms with E-state index in [-0.39, 0.29) is 23.0 Å². The van der Waals surface area contributed by atoms with Crippen molar-refractivity contribution in [2.24, 2.45) is 0 Å². The molecule has 1 N–H and O–H groups in total. The van der Waals surface area contributed by atoms with E-state index in [1.165, 1.54) is 25.5 Å². The van der Waals surface area contributed by atoms with E-state index in [9.17, 15) is 9.59 Å². The largest absolute Gasteiger partial charge is 0.465 e. The van der Waals surface area contributed by atoms with Crippen LogP contribution >= 0.6 is 0 Å². The van der Waals surface area contributed by atoms with E-state index in [4.69, 9.17) is 8.83 Å². The number of carbonyl (C=O) groups is 2. The van der Waals surface area contributed by atoms with Crippen LogP contribution in [0.15, 0.2) is 51.5 Å². The van der Waals surface area contributed by atoms with E-state index in [1.54, 1.807) is 24.3 Å². The first-order valence-corrected chi connectivity index (χ1v) is 6.55. The molecular formula is C15H11N3O5. The molecule has 0 aliphatic heterocycles. The summed E-state index contributed by atoms with van der Waals surface area (Å²) in [6.45, 7) is 0. The summed E-state index contributed by atoms with van der Waals surface area (Å²) in [6.07, 6.45) is 1.46. The number of anilines is 1. The third-order valence-electron chi connectivity index (χ3n) is 2.95. The Labute approximate surface area is 130 Å². The van der Waals surface area contributed by atoms with Crippen molar-refractivity contribution in [3.8, 4) is 11.7 Å². The van der Waals surface area contributed by atoms with Crippen LogP contribution in [0.1, 0.15) is 20.7 Å². The summed E-state index contributed by atoms with van der Waals surface area (Å²) >= 11 is 0. The number of nitrogens with zero attached hydrogens (tertiary/aromatic N) is 2. The number of esters is 1. The molecule has 0 fully saturated rings. The van der Waals surface area contributed by atoms with Gasteiger partial charge in [0.25, 0.3) is 11.8 Å². The second kappa shape index (κ2) is 6.14. The Kier molecular flexibility index (Phi) is 3.88. The second-order valence-electron chi connectivity index (χ2n) is 4.38. The zero-order valence-corrected chi connectivity index (χ0v) is 12.0. The fraction of sp³-hybridized carbons (Fsp3) is 0.0667. The van der Waals surface area contributed by atoms with Crippen molar-refractivity contribution in [2.75, 3.05) is 12.4 Å². The number of hydrogen-bond acceptors (Lipinski definition) is 7. The highest BCUT2D eigenvalue weighted by molar-refractivity contribution is 6.10. The van der Waals surface area contributed by atoms with Crippen molar-refractivity contribution in [1.82, 2.24) is 10.2 Å². The highest BCUT2D eigenvalue weighted by Crippen LogP contribution is 2.20. The molecular weight excluding hydrogens is 302 g/mol. The lowest BCUT2D eigenvalue weighted by Gasteiger charge is -2.06. The van der Waals surface area contributed by atoms with Crippen molar-refractivity contribution < 1.29 is 23.2 Å². The van der Waals surface area contributed by atoms with Gasteiger partial charge in [0.15, 0.2) is 5.76 Å². The lowest BCUT2D eigenvalue weighted by atomic mass is 10.1. The third kappa shape index (κ3) is 2.95. The van der Waals surface area contributed by atoms with Gasteiger partial charge in [-0.05, 0) is 24.3 Å². The molecule has 1 aromatic carbocycles. The molecule has 0 spiro atoms. The number of carbonyl (C=O) groups excluding carboxylic acids is 2. The van der Waals surface area contributed by atoms with Crippen LogP contribution in [-0.4, -0.2) is 29.2 Å². The van der Waals surface area contributed by atoms with E-state index in [0.717, 1.165) is 0 Å². The van der Waals surface area contributed by atoms with Gasteiger partial charge in [-0.3, -0.25) is 10.1 Å². The summed E-state index contributed by atoms with van der Waals surface area (Å²) in [4.78, 5) is 24.0. The molecule has 8 nitrogen and oxygen atoms in total. The maximum Gasteiger partial charge on any atom is 0.338 e. The molecule has 0 aliphatic rings. The molecule has 0 saturated heterocycles. The van der Waals surface area contributed by atoms with E-state index in [1.807, 2.05) is 0 Å². The molecule has 0 bridgehead atoms. The minimum atomic E-state index is -0.613. The third-order valence-corrected chi connectivity index (χ3v) is 2.95. The Morgan fingerprint density at radius 1 is 1.09 bits per heavy atom. The average molecular weight is 313 g/mol. The fourth-order valence-electron chi connectivity index (χ4n) is 1.91. The molecule has 3 aromatic rings. The maximum absolute atomic E-state index is 12.3. The summed E-state index contributed by atoms with van der Waals surface area (Å²) in [7, 11) is 1.24. The summed E-state index contributed by atoms with van der Waals surface area (Å²) in [6, 6.07) is 9.44. The number of hydrogen-bond donors (Lipinski definition) is 1. The van der Waals surface area contributed by atoms with Crippen molar-refractivity contribution in [1.29, 1.82) is 0 Å². The van der Waals surface area contributed by atoms with E-state index in [2.05, 4.69) is 20.3 Å². The normalized spacial score (nSPS) is 10.3. The minimum Gasteiger partial charge on any atom is -0.465 e. The first kappa shape index (κ1) is 14.5. The number of nitrogens with one attached hydrogen (secondary N) is 1. The molecule has 2 heterocycles. The van der Waals surface area contributed by atoms with Crippen LogP contribution in [0, 0.1) is 0 Å². The van der Waals surface area contributed by atoms with Crippen molar-refractivity contribution in [3.05, 3.63) is 53.8 Å². The van der Waals surface area contributed by atoms with Gasteiger partial charge in [-0.25, -0.2) is 4.79 Å². The van der Waals surface area contributed by atoms with Gasteiger partial charge in [-0.15, -0.1) is 5.10 Å². The molecule has 8 heteroatoms. The Balaban J connectivity index is 1.82. The maximum atomic E-state index is 12.3. The fourth-order valence-corrected chi connectivity index (χ4v) is 1.91. The number of methoxy groups -OCH3 is 1. The second-order valence-corrected chi connectivity index (χ2v) is 4.38. The number of furan rings is 1. The van der Waals surface area contributed by atoms with Crippen molar-refractivity contribution in [3.63, 3.8) is 0 Å². The van der Waals surface area contributed by atoms with E-state index >= 15 is 0 Å². The quantitative estimate of drug-likeness (QED) is 0.737. The molecule has 0 aliphatic carbocycles. The van der Waals surface area contributed by atoms with Crippen LogP contribution in [-0.2, 0) is 4.74 Å². The predicted molar refractivity (Wildman–Crippen MR) is 77.7 cm³/mol. The van der Waals surface area contributed by atoms with Gasteiger partial charge in [0.1, 0.15) is 0 Å². The van der Waals surface area contributed by atoms with Crippen molar-refractivity contribution >= 4 is 17.9 Å². The molecule has 3 rings (SSSR count). The topological polar surface area (TPSA) is 107 Å². The number of amides is 1. The highest BCUT2D eigenvalue weighted by atomic mass is 16.5. The SMILES string of the molecule is COC(=O)c1ccccc1C(=O)Nc1nnc(-c2ccco2)o1. The lowest BCUT2D eigenvalue weighted by Crippen LogP contribution is -2.17. The molecule has 0 unspecified atom stereocenters. The van der Waals surface area contributed by atoms with Crippen LogP contribution in [0.4, 0.5) is 6.01 Å².